The second-order valence-electron chi connectivity index (χ2n) is 5.85. The summed E-state index contributed by atoms with van der Waals surface area (Å²) in [4.78, 5) is 21.2. The number of amides is 1. The third-order valence-electron chi connectivity index (χ3n) is 3.81. The average Bonchev–Trinajstić information content (AvgIpc) is 2.64. The summed E-state index contributed by atoms with van der Waals surface area (Å²) >= 11 is 5.89. The third-order valence-corrected chi connectivity index (χ3v) is 4.06. The number of halogens is 1. The van der Waals surface area contributed by atoms with Crippen molar-refractivity contribution in [2.24, 2.45) is 0 Å². The van der Waals surface area contributed by atoms with Crippen molar-refractivity contribution in [3.05, 3.63) is 76.6 Å². The lowest BCUT2D eigenvalue weighted by atomic mass is 10.1. The minimum Gasteiger partial charge on any atom is -0.324 e. The van der Waals surface area contributed by atoms with Crippen LogP contribution in [0.2, 0.25) is 5.02 Å². The highest BCUT2D eigenvalue weighted by Crippen LogP contribution is 2.18. The van der Waals surface area contributed by atoms with E-state index in [0.717, 1.165) is 17.8 Å². The van der Waals surface area contributed by atoms with Crippen LogP contribution in [0.1, 0.15) is 28.7 Å². The van der Waals surface area contributed by atoms with Crippen molar-refractivity contribution in [3.63, 3.8) is 0 Å². The van der Waals surface area contributed by atoms with Crippen molar-refractivity contribution in [1.29, 1.82) is 0 Å². The van der Waals surface area contributed by atoms with Gasteiger partial charge in [0.1, 0.15) is 5.69 Å². The van der Waals surface area contributed by atoms with Crippen LogP contribution in [0.4, 0.5) is 17.3 Å². The van der Waals surface area contributed by atoms with Crippen LogP contribution in [0, 0.1) is 6.92 Å². The van der Waals surface area contributed by atoms with Crippen molar-refractivity contribution in [1.82, 2.24) is 9.97 Å². The molecule has 0 spiro atoms. The molecule has 1 aromatic heterocycles. The summed E-state index contributed by atoms with van der Waals surface area (Å²) in [6.07, 6.45) is 0.957. The first-order valence-corrected chi connectivity index (χ1v) is 8.70. The molecule has 0 unspecified atom stereocenters. The molecule has 2 N–H and O–H groups in total. The number of carbonyl (C=O) groups excluding carboxylic acids is 1. The SMILES string of the molecule is CCc1ccc(NC(=O)c2cc(C)nc(Nc3ccc(Cl)cc3)n2)cc1. The first kappa shape index (κ1) is 17.9. The fourth-order valence-electron chi connectivity index (χ4n) is 2.42. The van der Waals surface area contributed by atoms with Gasteiger partial charge in [0.25, 0.3) is 5.91 Å². The normalized spacial score (nSPS) is 10.4. The number of aryl methyl sites for hydroxylation is 2. The monoisotopic (exact) mass is 366 g/mol. The Morgan fingerprint density at radius 1 is 1.00 bits per heavy atom. The number of nitrogens with zero attached hydrogens (tertiary/aromatic N) is 2. The Morgan fingerprint density at radius 3 is 2.31 bits per heavy atom. The van der Waals surface area contributed by atoms with Crippen LogP contribution in [0.25, 0.3) is 0 Å². The number of anilines is 3. The number of hydrogen-bond donors (Lipinski definition) is 2. The van der Waals surface area contributed by atoms with E-state index >= 15 is 0 Å². The summed E-state index contributed by atoms with van der Waals surface area (Å²) in [5.74, 6) is 0.0812. The van der Waals surface area contributed by atoms with Gasteiger partial charge in [-0.15, -0.1) is 0 Å². The van der Waals surface area contributed by atoms with Gasteiger partial charge in [-0.25, -0.2) is 9.97 Å². The Hall–Kier alpha value is -2.92. The fraction of sp³-hybridized carbons (Fsp3) is 0.150. The van der Waals surface area contributed by atoms with Gasteiger partial charge < -0.3 is 10.6 Å². The molecule has 2 aromatic carbocycles. The van der Waals surface area contributed by atoms with Gasteiger partial charge in [-0.05, 0) is 61.4 Å². The lowest BCUT2D eigenvalue weighted by molar-refractivity contribution is 0.102. The molecule has 0 atom stereocenters. The highest BCUT2D eigenvalue weighted by atomic mass is 35.5. The van der Waals surface area contributed by atoms with Gasteiger partial charge >= 0.3 is 0 Å². The Labute approximate surface area is 157 Å². The molecule has 0 saturated heterocycles. The van der Waals surface area contributed by atoms with Crippen LogP contribution in [-0.4, -0.2) is 15.9 Å². The number of benzene rings is 2. The summed E-state index contributed by atoms with van der Waals surface area (Å²) in [5.41, 5.74) is 3.74. The van der Waals surface area contributed by atoms with Crippen molar-refractivity contribution in [3.8, 4) is 0 Å². The molecule has 1 heterocycles. The van der Waals surface area contributed by atoms with E-state index in [9.17, 15) is 4.79 Å². The molecular formula is C20H19ClN4O. The maximum Gasteiger partial charge on any atom is 0.274 e. The van der Waals surface area contributed by atoms with Crippen molar-refractivity contribution >= 4 is 34.8 Å². The minimum atomic E-state index is -0.279. The minimum absolute atomic E-state index is 0.279. The quantitative estimate of drug-likeness (QED) is 0.667. The van der Waals surface area contributed by atoms with Crippen LogP contribution in [-0.2, 0) is 6.42 Å². The first-order chi connectivity index (χ1) is 12.5. The standard InChI is InChI=1S/C20H19ClN4O/c1-3-14-4-8-16(9-5-14)23-19(26)18-12-13(2)22-20(25-18)24-17-10-6-15(21)7-11-17/h4-12H,3H2,1-2H3,(H,23,26)(H,22,24,25). The number of carbonyl (C=O) groups is 1. The maximum atomic E-state index is 12.5. The van der Waals surface area contributed by atoms with E-state index in [4.69, 9.17) is 11.6 Å². The summed E-state index contributed by atoms with van der Waals surface area (Å²) in [5, 5.41) is 6.59. The number of aromatic nitrogens is 2. The fourth-order valence-corrected chi connectivity index (χ4v) is 2.55. The summed E-state index contributed by atoms with van der Waals surface area (Å²) < 4.78 is 0. The zero-order valence-corrected chi connectivity index (χ0v) is 15.3. The van der Waals surface area contributed by atoms with Gasteiger partial charge in [-0.2, -0.15) is 0 Å². The van der Waals surface area contributed by atoms with E-state index in [2.05, 4.69) is 27.5 Å². The van der Waals surface area contributed by atoms with Crippen LogP contribution < -0.4 is 10.6 Å². The molecule has 6 heteroatoms. The van der Waals surface area contributed by atoms with Gasteiger partial charge in [-0.1, -0.05) is 30.7 Å². The maximum absolute atomic E-state index is 12.5. The van der Waals surface area contributed by atoms with E-state index in [1.807, 2.05) is 43.3 Å². The molecule has 26 heavy (non-hydrogen) atoms. The topological polar surface area (TPSA) is 66.9 Å². The molecule has 0 bridgehead atoms. The van der Waals surface area contributed by atoms with E-state index < -0.39 is 0 Å². The largest absolute Gasteiger partial charge is 0.324 e. The lowest BCUT2D eigenvalue weighted by Crippen LogP contribution is -2.15. The van der Waals surface area contributed by atoms with Crippen LogP contribution in [0.15, 0.2) is 54.6 Å². The molecule has 1 amide bonds. The molecule has 0 saturated carbocycles. The molecule has 3 aromatic rings. The first-order valence-electron chi connectivity index (χ1n) is 8.32. The zero-order chi connectivity index (χ0) is 18.5. The van der Waals surface area contributed by atoms with Gasteiger partial charge in [0, 0.05) is 22.1 Å². The molecule has 3 rings (SSSR count). The van der Waals surface area contributed by atoms with Crippen molar-refractivity contribution in [2.75, 3.05) is 10.6 Å². The predicted octanol–water partition coefficient (Wildman–Crippen LogP) is 5.00. The second kappa shape index (κ2) is 7.97. The molecule has 0 fully saturated rings. The van der Waals surface area contributed by atoms with E-state index in [-0.39, 0.29) is 5.91 Å². The number of nitrogens with one attached hydrogen (secondary N) is 2. The molecule has 132 valence electrons. The van der Waals surface area contributed by atoms with Crippen LogP contribution in [0.3, 0.4) is 0 Å². The zero-order valence-electron chi connectivity index (χ0n) is 14.6. The van der Waals surface area contributed by atoms with Crippen LogP contribution >= 0.6 is 11.6 Å². The smallest absolute Gasteiger partial charge is 0.274 e. The summed E-state index contributed by atoms with van der Waals surface area (Å²) in [6, 6.07) is 16.6. The Balaban J connectivity index is 1.77. The second-order valence-corrected chi connectivity index (χ2v) is 6.29. The predicted molar refractivity (Wildman–Crippen MR) is 105 cm³/mol. The molecule has 0 aliphatic carbocycles. The van der Waals surface area contributed by atoms with E-state index in [0.29, 0.717) is 22.4 Å². The molecule has 0 aliphatic heterocycles. The summed E-state index contributed by atoms with van der Waals surface area (Å²) in [7, 11) is 0. The van der Waals surface area contributed by atoms with Gasteiger partial charge in [0.05, 0.1) is 0 Å². The average molecular weight is 367 g/mol. The summed E-state index contributed by atoms with van der Waals surface area (Å²) in [6.45, 7) is 3.91. The highest BCUT2D eigenvalue weighted by Gasteiger charge is 2.11. The Kier molecular flexibility index (Phi) is 5.49. The lowest BCUT2D eigenvalue weighted by Gasteiger charge is -2.09. The van der Waals surface area contributed by atoms with E-state index in [1.54, 1.807) is 18.2 Å². The number of rotatable bonds is 5. The van der Waals surface area contributed by atoms with Gasteiger partial charge in [0.15, 0.2) is 0 Å². The molecular weight excluding hydrogens is 348 g/mol. The third kappa shape index (κ3) is 4.58. The van der Waals surface area contributed by atoms with Crippen LogP contribution in [0.5, 0.6) is 0 Å². The molecule has 5 nitrogen and oxygen atoms in total. The highest BCUT2D eigenvalue weighted by molar-refractivity contribution is 6.30. The Morgan fingerprint density at radius 2 is 1.65 bits per heavy atom. The van der Waals surface area contributed by atoms with Gasteiger partial charge in [-0.3, -0.25) is 4.79 Å². The molecule has 0 aliphatic rings. The molecule has 0 radical (unpaired) electrons. The number of hydrogen-bond acceptors (Lipinski definition) is 4. The van der Waals surface area contributed by atoms with E-state index in [1.165, 1.54) is 5.56 Å². The van der Waals surface area contributed by atoms with Crippen molar-refractivity contribution in [2.45, 2.75) is 20.3 Å². The van der Waals surface area contributed by atoms with Crippen molar-refractivity contribution < 1.29 is 4.79 Å². The van der Waals surface area contributed by atoms with Gasteiger partial charge in [0.2, 0.25) is 5.95 Å². The Bertz CT molecular complexity index is 908.